The highest BCUT2D eigenvalue weighted by Crippen LogP contribution is 2.32. The lowest BCUT2D eigenvalue weighted by molar-refractivity contribution is 0.0645. The van der Waals surface area contributed by atoms with Crippen molar-refractivity contribution in [2.75, 3.05) is 30.4 Å². The van der Waals surface area contributed by atoms with Gasteiger partial charge in [-0.25, -0.2) is 0 Å². The zero-order valence-electron chi connectivity index (χ0n) is 9.66. The minimum absolute atomic E-state index is 0.0276. The highest BCUT2D eigenvalue weighted by Gasteiger charge is 2.31. The molecule has 0 aromatic heterocycles. The Morgan fingerprint density at radius 2 is 2.19 bits per heavy atom. The van der Waals surface area contributed by atoms with Crippen LogP contribution in [0.5, 0.6) is 0 Å². The second-order valence-corrected chi connectivity index (χ2v) is 5.16. The molecule has 0 atom stereocenters. The van der Waals surface area contributed by atoms with Crippen LogP contribution in [0, 0.1) is 0 Å². The van der Waals surface area contributed by atoms with Gasteiger partial charge in [0.25, 0.3) is 0 Å². The third-order valence-electron chi connectivity index (χ3n) is 2.93. The molecule has 1 aromatic rings. The molecule has 0 bridgehead atoms. The van der Waals surface area contributed by atoms with Crippen molar-refractivity contribution in [2.24, 2.45) is 0 Å². The van der Waals surface area contributed by atoms with Crippen LogP contribution < -0.4 is 10.6 Å². The maximum absolute atomic E-state index is 6.01. The number of anilines is 2. The van der Waals surface area contributed by atoms with Crippen molar-refractivity contribution in [1.82, 2.24) is 0 Å². The summed E-state index contributed by atoms with van der Waals surface area (Å²) in [6.45, 7) is 6.62. The Kier molecular flexibility index (Phi) is 3.00. The summed E-state index contributed by atoms with van der Waals surface area (Å²) in [5.74, 6) is 0. The van der Waals surface area contributed by atoms with Crippen molar-refractivity contribution in [1.29, 1.82) is 0 Å². The van der Waals surface area contributed by atoms with Gasteiger partial charge >= 0.3 is 0 Å². The molecule has 2 N–H and O–H groups in total. The zero-order valence-corrected chi connectivity index (χ0v) is 10.4. The van der Waals surface area contributed by atoms with Crippen LogP contribution >= 0.6 is 11.6 Å². The second-order valence-electron chi connectivity index (χ2n) is 4.72. The number of ether oxygens (including phenoxy) is 1. The summed E-state index contributed by atoms with van der Waals surface area (Å²) in [5, 5.41) is 0.673. The van der Waals surface area contributed by atoms with E-state index in [1.807, 2.05) is 12.1 Å². The molecule has 4 heteroatoms. The van der Waals surface area contributed by atoms with Crippen molar-refractivity contribution in [2.45, 2.75) is 19.4 Å². The Balaban J connectivity index is 2.35. The van der Waals surface area contributed by atoms with Gasteiger partial charge in [-0.3, -0.25) is 0 Å². The minimum Gasteiger partial charge on any atom is -0.397 e. The number of nitrogen functional groups attached to an aromatic ring is 1. The number of hydrogen-bond acceptors (Lipinski definition) is 3. The van der Waals surface area contributed by atoms with Crippen LogP contribution in [0.2, 0.25) is 5.02 Å². The quantitative estimate of drug-likeness (QED) is 0.767. The molecule has 16 heavy (non-hydrogen) atoms. The highest BCUT2D eigenvalue weighted by atomic mass is 35.5. The number of morpholine rings is 1. The topological polar surface area (TPSA) is 38.5 Å². The second kappa shape index (κ2) is 4.15. The van der Waals surface area contributed by atoms with E-state index in [1.165, 1.54) is 0 Å². The van der Waals surface area contributed by atoms with Gasteiger partial charge in [-0.15, -0.1) is 0 Å². The molecular weight excluding hydrogens is 224 g/mol. The molecule has 88 valence electrons. The van der Waals surface area contributed by atoms with Gasteiger partial charge in [0.1, 0.15) is 0 Å². The van der Waals surface area contributed by atoms with Crippen LogP contribution in [0.25, 0.3) is 0 Å². The number of rotatable bonds is 1. The maximum Gasteiger partial charge on any atom is 0.0694 e. The fourth-order valence-electron chi connectivity index (χ4n) is 2.08. The number of nitrogens with zero attached hydrogens (tertiary/aromatic N) is 1. The molecule has 1 saturated heterocycles. The predicted octanol–water partition coefficient (Wildman–Crippen LogP) is 2.54. The smallest absolute Gasteiger partial charge is 0.0694 e. The average molecular weight is 241 g/mol. The molecule has 0 saturated carbocycles. The lowest BCUT2D eigenvalue weighted by Crippen LogP contribution is -2.53. The normalized spacial score (nSPS) is 19.8. The van der Waals surface area contributed by atoms with Gasteiger partial charge in [0, 0.05) is 11.6 Å². The van der Waals surface area contributed by atoms with Crippen molar-refractivity contribution >= 4 is 23.0 Å². The van der Waals surface area contributed by atoms with Gasteiger partial charge in [0.15, 0.2) is 0 Å². The van der Waals surface area contributed by atoms with Crippen molar-refractivity contribution in [3.63, 3.8) is 0 Å². The van der Waals surface area contributed by atoms with E-state index in [0.717, 1.165) is 31.1 Å². The zero-order chi connectivity index (χ0) is 11.8. The van der Waals surface area contributed by atoms with Gasteiger partial charge in [0.05, 0.1) is 30.1 Å². The van der Waals surface area contributed by atoms with Gasteiger partial charge in [-0.05, 0) is 32.0 Å². The first-order valence-electron chi connectivity index (χ1n) is 5.41. The molecular formula is C12H17ClN2O. The summed E-state index contributed by atoms with van der Waals surface area (Å²) in [4.78, 5) is 2.28. The maximum atomic E-state index is 6.01. The average Bonchev–Trinajstić information content (AvgIpc) is 2.19. The van der Waals surface area contributed by atoms with E-state index in [0.29, 0.717) is 5.02 Å². The van der Waals surface area contributed by atoms with Gasteiger partial charge in [0.2, 0.25) is 0 Å². The van der Waals surface area contributed by atoms with Crippen LogP contribution in [-0.2, 0) is 4.74 Å². The number of hydrogen-bond donors (Lipinski definition) is 1. The summed E-state index contributed by atoms with van der Waals surface area (Å²) in [5.41, 5.74) is 7.74. The Bertz CT molecular complexity index is 393. The third kappa shape index (κ3) is 2.11. The first-order valence-corrected chi connectivity index (χ1v) is 5.79. The Labute approximate surface area is 101 Å². The molecule has 0 aliphatic carbocycles. The Morgan fingerprint density at radius 1 is 1.44 bits per heavy atom. The van der Waals surface area contributed by atoms with E-state index in [9.17, 15) is 0 Å². The molecule has 0 spiro atoms. The number of halogens is 1. The third-order valence-corrected chi connectivity index (χ3v) is 3.16. The lowest BCUT2D eigenvalue weighted by Gasteiger charge is -2.44. The standard InChI is InChI=1S/C12H17ClN2O/c1-12(2)8-16-6-5-15(12)11-4-3-9(13)7-10(11)14/h3-4,7H,5-6,8,14H2,1-2H3. The van der Waals surface area contributed by atoms with E-state index in [1.54, 1.807) is 6.07 Å². The van der Waals surface area contributed by atoms with E-state index < -0.39 is 0 Å². The van der Waals surface area contributed by atoms with Crippen LogP contribution in [0.3, 0.4) is 0 Å². The molecule has 1 heterocycles. The molecule has 1 aromatic carbocycles. The summed E-state index contributed by atoms with van der Waals surface area (Å²) in [6.07, 6.45) is 0. The summed E-state index contributed by atoms with van der Waals surface area (Å²) < 4.78 is 5.49. The van der Waals surface area contributed by atoms with Crippen LogP contribution in [0.15, 0.2) is 18.2 Å². The van der Waals surface area contributed by atoms with Crippen molar-refractivity contribution in [3.05, 3.63) is 23.2 Å². The molecule has 3 nitrogen and oxygen atoms in total. The fraction of sp³-hybridized carbons (Fsp3) is 0.500. The van der Waals surface area contributed by atoms with Crippen LogP contribution in [0.4, 0.5) is 11.4 Å². The van der Waals surface area contributed by atoms with E-state index in [-0.39, 0.29) is 5.54 Å². The van der Waals surface area contributed by atoms with Crippen LogP contribution in [-0.4, -0.2) is 25.3 Å². The number of benzene rings is 1. The summed E-state index contributed by atoms with van der Waals surface area (Å²) in [7, 11) is 0. The van der Waals surface area contributed by atoms with Gasteiger partial charge in [-0.2, -0.15) is 0 Å². The van der Waals surface area contributed by atoms with E-state index in [2.05, 4.69) is 18.7 Å². The predicted molar refractivity (Wildman–Crippen MR) is 68.1 cm³/mol. The summed E-state index contributed by atoms with van der Waals surface area (Å²) >= 11 is 5.90. The molecule has 1 fully saturated rings. The Hall–Kier alpha value is -0.930. The number of nitrogens with two attached hydrogens (primary N) is 1. The molecule has 1 aliphatic heterocycles. The molecule has 0 amide bonds. The van der Waals surface area contributed by atoms with Crippen molar-refractivity contribution < 1.29 is 4.74 Å². The Morgan fingerprint density at radius 3 is 2.81 bits per heavy atom. The van der Waals surface area contributed by atoms with E-state index in [4.69, 9.17) is 22.1 Å². The molecule has 1 aliphatic rings. The molecule has 2 rings (SSSR count). The first kappa shape index (κ1) is 11.6. The highest BCUT2D eigenvalue weighted by molar-refractivity contribution is 6.31. The minimum atomic E-state index is -0.0276. The summed E-state index contributed by atoms with van der Waals surface area (Å²) in [6, 6.07) is 5.64. The fourth-order valence-corrected chi connectivity index (χ4v) is 2.26. The molecule has 0 radical (unpaired) electrons. The van der Waals surface area contributed by atoms with Crippen LogP contribution in [0.1, 0.15) is 13.8 Å². The van der Waals surface area contributed by atoms with Gasteiger partial charge < -0.3 is 15.4 Å². The van der Waals surface area contributed by atoms with Crippen molar-refractivity contribution in [3.8, 4) is 0 Å². The molecule has 0 unspecified atom stereocenters. The largest absolute Gasteiger partial charge is 0.397 e. The lowest BCUT2D eigenvalue weighted by atomic mass is 10.0. The SMILES string of the molecule is CC1(C)COCCN1c1ccc(Cl)cc1N. The first-order chi connectivity index (χ1) is 7.50. The monoisotopic (exact) mass is 240 g/mol. The van der Waals surface area contributed by atoms with E-state index >= 15 is 0 Å². The van der Waals surface area contributed by atoms with Gasteiger partial charge in [-0.1, -0.05) is 11.6 Å².